The van der Waals surface area contributed by atoms with Gasteiger partial charge in [-0.05, 0) is 30.9 Å². The predicted octanol–water partition coefficient (Wildman–Crippen LogP) is 3.63. The Hall–Kier alpha value is -3.24. The second-order valence-electron chi connectivity index (χ2n) is 10.1. The number of nitrogens with zero attached hydrogens (tertiary/aromatic N) is 3. The molecule has 5 rings (SSSR count). The molecule has 2 heterocycles. The van der Waals surface area contributed by atoms with Crippen LogP contribution in [0.3, 0.4) is 0 Å². The van der Waals surface area contributed by atoms with Gasteiger partial charge in [-0.3, -0.25) is 9.78 Å². The van der Waals surface area contributed by atoms with E-state index in [-0.39, 0.29) is 16.9 Å². The highest BCUT2D eigenvalue weighted by Gasteiger charge is 2.28. The molecule has 202 valence electrons. The molecule has 1 unspecified atom stereocenters. The highest BCUT2D eigenvalue weighted by molar-refractivity contribution is 7.89. The lowest BCUT2D eigenvalue weighted by Gasteiger charge is -2.34. The van der Waals surface area contributed by atoms with E-state index in [1.807, 2.05) is 12.1 Å². The van der Waals surface area contributed by atoms with E-state index in [1.54, 1.807) is 52.4 Å². The second kappa shape index (κ2) is 11.7. The van der Waals surface area contributed by atoms with Gasteiger partial charge in [-0.2, -0.15) is 0 Å². The Morgan fingerprint density at radius 3 is 2.50 bits per heavy atom. The van der Waals surface area contributed by atoms with E-state index in [9.17, 15) is 18.0 Å². The first kappa shape index (κ1) is 26.4. The van der Waals surface area contributed by atoms with Crippen LogP contribution in [0.15, 0.2) is 65.2 Å². The summed E-state index contributed by atoms with van der Waals surface area (Å²) in [6, 6.07) is 8.18. The van der Waals surface area contributed by atoms with Crippen molar-refractivity contribution in [2.75, 3.05) is 32.8 Å². The van der Waals surface area contributed by atoms with Gasteiger partial charge in [0.1, 0.15) is 4.90 Å². The summed E-state index contributed by atoms with van der Waals surface area (Å²) in [5, 5.41) is 0.750. The van der Waals surface area contributed by atoms with E-state index in [0.29, 0.717) is 56.2 Å². The summed E-state index contributed by atoms with van der Waals surface area (Å²) < 4.78 is 34.3. The van der Waals surface area contributed by atoms with Crippen LogP contribution in [0.5, 0.6) is 0 Å². The normalized spacial score (nSPS) is 20.5. The molecule has 9 nitrogen and oxygen atoms in total. The Kier molecular flexibility index (Phi) is 8.09. The Morgan fingerprint density at radius 1 is 1.03 bits per heavy atom. The van der Waals surface area contributed by atoms with Gasteiger partial charge in [0, 0.05) is 49.4 Å². The minimum Gasteiger partial charge on any atom is -0.449 e. The van der Waals surface area contributed by atoms with Crippen LogP contribution in [-0.2, 0) is 19.6 Å². The van der Waals surface area contributed by atoms with E-state index in [2.05, 4.69) is 9.71 Å². The maximum atomic E-state index is 13.1. The van der Waals surface area contributed by atoms with Crippen molar-refractivity contribution in [1.82, 2.24) is 19.5 Å². The zero-order chi connectivity index (χ0) is 26.5. The molecule has 1 aliphatic heterocycles. The molecule has 1 N–H and O–H groups in total. The minimum absolute atomic E-state index is 0.116. The summed E-state index contributed by atoms with van der Waals surface area (Å²) in [7, 11) is -3.81. The highest BCUT2D eigenvalue weighted by atomic mass is 32.2. The monoisotopic (exact) mass is 538 g/mol. The molecule has 3 aliphatic rings. The van der Waals surface area contributed by atoms with Gasteiger partial charge in [0.15, 0.2) is 0 Å². The van der Waals surface area contributed by atoms with E-state index in [4.69, 9.17) is 4.74 Å². The fourth-order valence-electron chi connectivity index (χ4n) is 5.40. The largest absolute Gasteiger partial charge is 0.449 e. The summed E-state index contributed by atoms with van der Waals surface area (Å²) in [5.41, 5.74) is 0.949. The Morgan fingerprint density at radius 2 is 1.76 bits per heavy atom. The Labute approximate surface area is 223 Å². The number of ether oxygens (including phenoxy) is 1. The first-order chi connectivity index (χ1) is 18.4. The molecule has 2 amide bonds. The number of fused-ring (bicyclic) bond motifs is 1. The van der Waals surface area contributed by atoms with E-state index >= 15 is 0 Å². The number of pyridine rings is 1. The molecule has 1 saturated carbocycles. The average Bonchev–Trinajstić information content (AvgIpc) is 3.46. The number of aromatic nitrogens is 1. The summed E-state index contributed by atoms with van der Waals surface area (Å²) in [4.78, 5) is 33.2. The van der Waals surface area contributed by atoms with Crippen LogP contribution < -0.4 is 4.72 Å². The zero-order valence-corrected chi connectivity index (χ0v) is 22.2. The third-order valence-corrected chi connectivity index (χ3v) is 9.11. The van der Waals surface area contributed by atoms with Gasteiger partial charge < -0.3 is 14.5 Å². The number of hydrogen-bond acceptors (Lipinski definition) is 6. The maximum Gasteiger partial charge on any atom is 0.409 e. The maximum absolute atomic E-state index is 13.1. The third-order valence-electron chi connectivity index (χ3n) is 7.59. The number of para-hydroxylation sites is 1. The van der Waals surface area contributed by atoms with Gasteiger partial charge in [0.2, 0.25) is 10.0 Å². The Balaban J connectivity index is 1.10. The molecule has 1 saturated heterocycles. The molecule has 2 fully saturated rings. The number of benzene rings is 1. The first-order valence-corrected chi connectivity index (χ1v) is 14.8. The van der Waals surface area contributed by atoms with E-state index in [0.717, 1.165) is 11.8 Å². The third kappa shape index (κ3) is 6.07. The van der Waals surface area contributed by atoms with Crippen LogP contribution in [0.4, 0.5) is 4.79 Å². The molecule has 0 bridgehead atoms. The van der Waals surface area contributed by atoms with E-state index in [1.165, 1.54) is 25.7 Å². The fourth-order valence-corrected chi connectivity index (χ4v) is 6.78. The number of carbonyl (C=O) groups is 2. The van der Waals surface area contributed by atoms with Crippen molar-refractivity contribution in [2.24, 2.45) is 5.92 Å². The summed E-state index contributed by atoms with van der Waals surface area (Å²) in [6.45, 7) is 2.21. The van der Waals surface area contributed by atoms with Crippen molar-refractivity contribution in [1.29, 1.82) is 0 Å². The molecule has 1 aromatic carbocycles. The molecule has 2 aromatic rings. The van der Waals surface area contributed by atoms with Gasteiger partial charge in [-0.15, -0.1) is 0 Å². The number of nitrogens with one attached hydrogen (secondary N) is 1. The number of piperazine rings is 1. The lowest BCUT2D eigenvalue weighted by atomic mass is 10.0. The standard InChI is InChI=1S/C28H34N4O5S/c33-27(31-16-18-32(19-17-31)28(34)37-20-14-21-5-1-2-6-21)23-10-12-24(13-11-23)30-38(35,36)25-9-3-7-22-8-4-15-29-26(22)25/h3-4,7-12,15,21,24,30H,1-2,5-6,13-14,16-20H2. The quantitative estimate of drug-likeness (QED) is 0.577. The average molecular weight is 539 g/mol. The lowest BCUT2D eigenvalue weighted by molar-refractivity contribution is -0.128. The van der Waals surface area contributed by atoms with Crippen LogP contribution in [0.1, 0.15) is 38.5 Å². The molecule has 1 atom stereocenters. The summed E-state index contributed by atoms with van der Waals surface area (Å²) >= 11 is 0. The topological polar surface area (TPSA) is 109 Å². The highest BCUT2D eigenvalue weighted by Crippen LogP contribution is 2.27. The van der Waals surface area contributed by atoms with Crippen molar-refractivity contribution in [3.63, 3.8) is 0 Å². The van der Waals surface area contributed by atoms with Gasteiger partial charge in [0.05, 0.1) is 12.1 Å². The number of sulfonamides is 1. The summed E-state index contributed by atoms with van der Waals surface area (Å²) in [5.74, 6) is 0.564. The van der Waals surface area contributed by atoms with Crippen molar-refractivity contribution < 1.29 is 22.7 Å². The summed E-state index contributed by atoms with van der Waals surface area (Å²) in [6.07, 6.45) is 12.7. The van der Waals surface area contributed by atoms with Crippen LogP contribution in [0.2, 0.25) is 0 Å². The van der Waals surface area contributed by atoms with Crippen molar-refractivity contribution >= 4 is 32.9 Å². The Bertz CT molecular complexity index is 1340. The fraction of sp³-hybridized carbons (Fsp3) is 0.464. The molecular weight excluding hydrogens is 504 g/mol. The molecule has 0 spiro atoms. The van der Waals surface area contributed by atoms with Crippen molar-refractivity contribution in [3.05, 3.63) is 60.3 Å². The number of carbonyl (C=O) groups excluding carboxylic acids is 2. The smallest absolute Gasteiger partial charge is 0.409 e. The first-order valence-electron chi connectivity index (χ1n) is 13.4. The van der Waals surface area contributed by atoms with Gasteiger partial charge in [0.25, 0.3) is 5.91 Å². The molecular formula is C28H34N4O5S. The van der Waals surface area contributed by atoms with Crippen molar-refractivity contribution in [3.8, 4) is 0 Å². The van der Waals surface area contributed by atoms with Crippen LogP contribution in [0, 0.1) is 5.92 Å². The number of rotatable bonds is 7. The zero-order valence-electron chi connectivity index (χ0n) is 21.4. The van der Waals surface area contributed by atoms with Gasteiger partial charge >= 0.3 is 6.09 Å². The molecule has 2 aliphatic carbocycles. The molecule has 0 radical (unpaired) electrons. The SMILES string of the molecule is O=C(OCCC1CCCC1)N1CCN(C(=O)C2=CCC(NS(=O)(=O)c3cccc4cccnc34)C=C2)CC1. The van der Waals surface area contributed by atoms with Gasteiger partial charge in [-0.1, -0.05) is 62.1 Å². The molecule has 10 heteroatoms. The van der Waals surface area contributed by atoms with E-state index < -0.39 is 16.1 Å². The van der Waals surface area contributed by atoms with Crippen LogP contribution >= 0.6 is 0 Å². The predicted molar refractivity (Wildman–Crippen MR) is 144 cm³/mol. The lowest BCUT2D eigenvalue weighted by Crippen LogP contribution is -2.51. The minimum atomic E-state index is -3.81. The molecule has 38 heavy (non-hydrogen) atoms. The van der Waals surface area contributed by atoms with Crippen LogP contribution in [-0.4, -0.2) is 74.0 Å². The second-order valence-corrected chi connectivity index (χ2v) is 11.8. The number of amides is 2. The molecule has 1 aromatic heterocycles. The number of hydrogen-bond donors (Lipinski definition) is 1. The van der Waals surface area contributed by atoms with Crippen molar-refractivity contribution in [2.45, 2.75) is 49.5 Å². The van der Waals surface area contributed by atoms with Crippen LogP contribution in [0.25, 0.3) is 10.9 Å². The van der Waals surface area contributed by atoms with Gasteiger partial charge in [-0.25, -0.2) is 17.9 Å².